The van der Waals surface area contributed by atoms with E-state index in [-0.39, 0.29) is 27.7 Å². The van der Waals surface area contributed by atoms with Crippen LogP contribution in [-0.2, 0) is 20.6 Å². The van der Waals surface area contributed by atoms with Gasteiger partial charge in [-0.1, -0.05) is 41.3 Å². The van der Waals surface area contributed by atoms with Gasteiger partial charge in [0.2, 0.25) is 11.8 Å². The Morgan fingerprint density at radius 3 is 2.45 bits per heavy atom. The van der Waals surface area contributed by atoms with Crippen molar-refractivity contribution in [3.63, 3.8) is 0 Å². The number of nitrogens with zero attached hydrogens (tertiary/aromatic N) is 2. The lowest BCUT2D eigenvalue weighted by atomic mass is 9.83. The molecule has 1 saturated heterocycles. The molecule has 2 aliphatic rings. The molecule has 1 fully saturated rings. The highest BCUT2D eigenvalue weighted by Gasteiger charge is 2.56. The first kappa shape index (κ1) is 31.8. The number of carbonyl (C=O) groups is 3. The number of non-ortho nitro benzene ring substituents is 1. The Morgan fingerprint density at radius 2 is 1.77 bits per heavy atom. The summed E-state index contributed by atoms with van der Waals surface area (Å²) in [4.78, 5) is 66.8. The first-order chi connectivity index (χ1) is 22.4. The zero-order chi connectivity index (χ0) is 33.6. The molecule has 0 bridgehead atoms. The lowest BCUT2D eigenvalue weighted by Gasteiger charge is -2.30. The number of alkyl halides is 3. The number of thiazole rings is 1. The van der Waals surface area contributed by atoms with Crippen molar-refractivity contribution in [3.05, 3.63) is 103 Å². The van der Waals surface area contributed by atoms with Crippen LogP contribution in [0, 0.1) is 16.0 Å². The molecule has 1 aromatic heterocycles. The predicted octanol–water partition coefficient (Wildman–Crippen LogP) is 5.19. The van der Waals surface area contributed by atoms with Gasteiger partial charge in [-0.2, -0.15) is 13.2 Å². The number of imide groups is 1. The Bertz CT molecular complexity index is 1980. The van der Waals surface area contributed by atoms with Crippen LogP contribution in [0.5, 0.6) is 11.5 Å². The van der Waals surface area contributed by atoms with E-state index in [1.165, 1.54) is 55.6 Å². The molecule has 17 heteroatoms. The second kappa shape index (κ2) is 12.2. The molecule has 3 heterocycles. The molecule has 3 aromatic carbocycles. The number of methoxy groups -OCH3 is 1. The van der Waals surface area contributed by atoms with Crippen molar-refractivity contribution in [1.29, 1.82) is 0 Å². The Balaban J connectivity index is 1.28. The molecule has 3 unspecified atom stereocenters. The van der Waals surface area contributed by atoms with Gasteiger partial charge in [0.1, 0.15) is 5.25 Å². The molecule has 0 spiro atoms. The molecule has 4 aromatic rings. The zero-order valence-corrected chi connectivity index (χ0v) is 25.5. The molecule has 12 nitrogen and oxygen atoms in total. The Labute approximate surface area is 270 Å². The number of para-hydroxylation sites is 1. The average molecular weight is 687 g/mol. The first-order valence-corrected chi connectivity index (χ1v) is 15.4. The summed E-state index contributed by atoms with van der Waals surface area (Å²) >= 11 is 1.95. The van der Waals surface area contributed by atoms with Gasteiger partial charge in [0.15, 0.2) is 18.1 Å². The highest BCUT2D eigenvalue weighted by Crippen LogP contribution is 2.54. The van der Waals surface area contributed by atoms with Gasteiger partial charge in [0, 0.05) is 22.9 Å². The third kappa shape index (κ3) is 5.94. The number of anilines is 2. The van der Waals surface area contributed by atoms with Gasteiger partial charge in [-0.05, 0) is 42.0 Å². The van der Waals surface area contributed by atoms with E-state index in [4.69, 9.17) is 9.47 Å². The van der Waals surface area contributed by atoms with Crippen LogP contribution in [-0.4, -0.2) is 46.6 Å². The van der Waals surface area contributed by atoms with Gasteiger partial charge >= 0.3 is 11.0 Å². The maximum Gasteiger partial charge on any atom is 0.418 e. The van der Waals surface area contributed by atoms with E-state index in [1.807, 2.05) is 0 Å². The fourth-order valence-corrected chi connectivity index (χ4v) is 8.04. The number of nitro groups is 1. The summed E-state index contributed by atoms with van der Waals surface area (Å²) in [6.07, 6.45) is -4.68. The second-order valence-corrected chi connectivity index (χ2v) is 12.5. The summed E-state index contributed by atoms with van der Waals surface area (Å²) in [5, 5.41) is 12.8. The molecule has 0 saturated carbocycles. The minimum atomic E-state index is -4.68. The van der Waals surface area contributed by atoms with Crippen LogP contribution in [0.2, 0.25) is 0 Å². The number of benzene rings is 3. The zero-order valence-electron chi connectivity index (χ0n) is 23.9. The van der Waals surface area contributed by atoms with E-state index in [2.05, 4.69) is 10.3 Å². The van der Waals surface area contributed by atoms with Gasteiger partial charge in [0.25, 0.3) is 11.6 Å². The van der Waals surface area contributed by atoms with Crippen LogP contribution in [0.3, 0.4) is 0 Å². The fourth-order valence-electron chi connectivity index (χ4n) is 5.52. The van der Waals surface area contributed by atoms with Crippen molar-refractivity contribution in [2.45, 2.75) is 22.4 Å². The molecular formula is C30H21F3N4O8S2. The number of carbonyl (C=O) groups excluding carboxylic acids is 3. The van der Waals surface area contributed by atoms with Crippen molar-refractivity contribution in [2.75, 3.05) is 23.9 Å². The third-order valence-electron chi connectivity index (χ3n) is 7.55. The standard InChI is InChI=1S/C30H21F3N4O8S2/c1-44-20-12-14(6-11-19(20)45-13-21(38)34-18-5-3-2-4-17(18)30(31,32)33)22-23-25(46-26-24(22)47-29(41)35-26)28(40)36(27(23)39)15-7-9-16(10-8-15)37(42)43/h2-12,22-23,25H,13H2,1H3,(H,34,38)(H,35,41). The smallest absolute Gasteiger partial charge is 0.418 e. The van der Waals surface area contributed by atoms with E-state index >= 15 is 0 Å². The van der Waals surface area contributed by atoms with Crippen LogP contribution in [0.4, 0.5) is 30.2 Å². The normalized spacial score (nSPS) is 18.8. The lowest BCUT2D eigenvalue weighted by molar-refractivity contribution is -0.384. The summed E-state index contributed by atoms with van der Waals surface area (Å²) in [5.74, 6) is -3.53. The Morgan fingerprint density at radius 1 is 1.04 bits per heavy atom. The van der Waals surface area contributed by atoms with E-state index in [9.17, 15) is 42.5 Å². The van der Waals surface area contributed by atoms with E-state index < -0.39 is 63.8 Å². The fraction of sp³-hybridized carbons (Fsp3) is 0.200. The third-order valence-corrected chi connectivity index (χ3v) is 9.96. The number of rotatable bonds is 8. The number of aromatic amines is 1. The number of ether oxygens (including phenoxy) is 2. The van der Waals surface area contributed by atoms with Crippen molar-refractivity contribution >= 4 is 57.9 Å². The highest BCUT2D eigenvalue weighted by molar-refractivity contribution is 8.00. The molecular weight excluding hydrogens is 665 g/mol. The number of nitrogens with one attached hydrogen (secondary N) is 2. The van der Waals surface area contributed by atoms with Gasteiger partial charge in [0.05, 0.1) is 39.9 Å². The maximum atomic E-state index is 13.9. The Hall–Kier alpha value is -5.16. The number of thioether (sulfide) groups is 1. The highest BCUT2D eigenvalue weighted by atomic mass is 32.2. The molecule has 3 atom stereocenters. The SMILES string of the molecule is COc1cc(C2c3sc(=O)[nH]c3SC3C(=O)N(c4ccc([N+](=O)[O-])cc4)C(=O)C32)ccc1OCC(=O)Nc1ccccc1C(F)(F)F. The Kier molecular flexibility index (Phi) is 8.27. The molecule has 0 aliphatic carbocycles. The molecule has 3 amide bonds. The second-order valence-electron chi connectivity index (χ2n) is 10.3. The average Bonchev–Trinajstić information content (AvgIpc) is 3.53. The lowest BCUT2D eigenvalue weighted by Crippen LogP contribution is -2.32. The van der Waals surface area contributed by atoms with Gasteiger partial charge in [-0.25, -0.2) is 4.90 Å². The topological polar surface area (TPSA) is 161 Å². The van der Waals surface area contributed by atoms with Crippen LogP contribution in [0.25, 0.3) is 0 Å². The monoisotopic (exact) mass is 686 g/mol. The number of hydrogen-bond donors (Lipinski definition) is 2. The van der Waals surface area contributed by atoms with Crippen molar-refractivity contribution in [2.24, 2.45) is 5.92 Å². The number of aromatic nitrogens is 1. The van der Waals surface area contributed by atoms with E-state index in [0.717, 1.165) is 40.1 Å². The van der Waals surface area contributed by atoms with Crippen molar-refractivity contribution in [3.8, 4) is 11.5 Å². The van der Waals surface area contributed by atoms with E-state index in [0.29, 0.717) is 15.5 Å². The molecule has 242 valence electrons. The summed E-state index contributed by atoms with van der Waals surface area (Å²) in [5.41, 5.74) is -1.02. The molecule has 47 heavy (non-hydrogen) atoms. The van der Waals surface area contributed by atoms with Gasteiger partial charge in [-0.15, -0.1) is 0 Å². The molecule has 2 N–H and O–H groups in total. The van der Waals surface area contributed by atoms with Gasteiger partial charge < -0.3 is 19.8 Å². The van der Waals surface area contributed by atoms with Crippen LogP contribution in [0.1, 0.15) is 21.9 Å². The van der Waals surface area contributed by atoms with E-state index in [1.54, 1.807) is 6.07 Å². The summed E-state index contributed by atoms with van der Waals surface area (Å²) in [6, 6.07) is 14.1. The molecule has 2 aliphatic heterocycles. The van der Waals surface area contributed by atoms with Gasteiger partial charge in [-0.3, -0.25) is 29.3 Å². The molecule has 0 radical (unpaired) electrons. The number of amides is 3. The van der Waals surface area contributed by atoms with Crippen LogP contribution >= 0.6 is 23.1 Å². The minimum Gasteiger partial charge on any atom is -0.493 e. The quantitative estimate of drug-likeness (QED) is 0.145. The van der Waals surface area contributed by atoms with Crippen LogP contribution in [0.15, 0.2) is 76.6 Å². The predicted molar refractivity (Wildman–Crippen MR) is 164 cm³/mol. The minimum absolute atomic E-state index is 0.0704. The largest absolute Gasteiger partial charge is 0.493 e. The van der Waals surface area contributed by atoms with Crippen LogP contribution < -0.4 is 24.6 Å². The van der Waals surface area contributed by atoms with Crippen molar-refractivity contribution < 1.29 is 42.0 Å². The summed E-state index contributed by atoms with van der Waals surface area (Å²) in [7, 11) is 1.33. The maximum absolute atomic E-state index is 13.9. The summed E-state index contributed by atoms with van der Waals surface area (Å²) in [6.45, 7) is -0.659. The molecule has 6 rings (SSSR count). The number of fused-ring (bicyclic) bond motifs is 2. The number of halogens is 3. The van der Waals surface area contributed by atoms with Crippen molar-refractivity contribution in [1.82, 2.24) is 4.98 Å². The number of nitro benzene ring substituents is 1. The summed E-state index contributed by atoms with van der Waals surface area (Å²) < 4.78 is 51.0. The number of H-pyrrole nitrogens is 1. The first-order valence-electron chi connectivity index (χ1n) is 13.7. The number of hydrogen-bond acceptors (Lipinski definition) is 10.